The summed E-state index contributed by atoms with van der Waals surface area (Å²) in [6.07, 6.45) is 3.36. The van der Waals surface area contributed by atoms with Crippen LogP contribution in [0.1, 0.15) is 0 Å². The predicted molar refractivity (Wildman–Crippen MR) is 53.2 cm³/mol. The summed E-state index contributed by atoms with van der Waals surface area (Å²) >= 11 is 6.94. The fourth-order valence-electron chi connectivity index (χ4n) is 0.790. The van der Waals surface area contributed by atoms with Crippen LogP contribution in [0.25, 0.3) is 0 Å². The van der Waals surface area contributed by atoms with Gasteiger partial charge in [-0.25, -0.2) is 9.97 Å². The van der Waals surface area contributed by atoms with Gasteiger partial charge >= 0.3 is 0 Å². The van der Waals surface area contributed by atoms with Crippen molar-refractivity contribution in [2.45, 2.75) is 10.2 Å². The van der Waals surface area contributed by atoms with Crippen LogP contribution in [0.5, 0.6) is 0 Å². The normalized spacial score (nSPS) is 10.1. The van der Waals surface area contributed by atoms with Crippen molar-refractivity contribution in [1.82, 2.24) is 20.2 Å². The number of halogens is 1. The van der Waals surface area contributed by atoms with Crippen molar-refractivity contribution in [2.75, 3.05) is 0 Å². The highest BCUT2D eigenvalue weighted by Crippen LogP contribution is 2.21. The van der Waals surface area contributed by atoms with Crippen molar-refractivity contribution in [3.63, 3.8) is 0 Å². The Kier molecular flexibility index (Phi) is 2.90. The van der Waals surface area contributed by atoms with Crippen molar-refractivity contribution >= 4 is 23.4 Å². The van der Waals surface area contributed by atoms with Crippen LogP contribution in [-0.2, 0) is 0 Å². The van der Waals surface area contributed by atoms with Gasteiger partial charge in [-0.2, -0.15) is 0 Å². The Morgan fingerprint density at radius 3 is 2.50 bits per heavy atom. The molecule has 2 rings (SSSR count). The predicted octanol–water partition coefficient (Wildman–Crippen LogP) is 2.07. The molecule has 2 heterocycles. The van der Waals surface area contributed by atoms with Crippen LogP contribution in [0, 0.1) is 0 Å². The van der Waals surface area contributed by atoms with E-state index in [2.05, 4.69) is 20.2 Å². The van der Waals surface area contributed by atoms with Gasteiger partial charge in [0.15, 0.2) is 10.3 Å². The summed E-state index contributed by atoms with van der Waals surface area (Å²) in [5.41, 5.74) is 0. The van der Waals surface area contributed by atoms with E-state index in [0.717, 1.165) is 5.03 Å². The van der Waals surface area contributed by atoms with Crippen molar-refractivity contribution in [3.8, 4) is 0 Å². The Morgan fingerprint density at radius 2 is 1.86 bits per heavy atom. The molecule has 70 valence electrons. The van der Waals surface area contributed by atoms with Gasteiger partial charge in [0.25, 0.3) is 0 Å². The number of hydrogen-bond donors (Lipinski definition) is 0. The topological polar surface area (TPSA) is 51.6 Å². The molecule has 0 aromatic carbocycles. The van der Waals surface area contributed by atoms with E-state index in [0.29, 0.717) is 10.3 Å². The largest absolute Gasteiger partial charge is 0.231 e. The number of hydrogen-bond acceptors (Lipinski definition) is 5. The van der Waals surface area contributed by atoms with Gasteiger partial charge in [0.05, 0.1) is 0 Å². The minimum atomic E-state index is 0.378. The summed E-state index contributed by atoms with van der Waals surface area (Å²) in [5, 5.41) is 9.33. The molecule has 0 aliphatic heterocycles. The second-order valence-electron chi connectivity index (χ2n) is 2.33. The van der Waals surface area contributed by atoms with E-state index in [1.165, 1.54) is 11.8 Å². The monoisotopic (exact) mass is 224 g/mol. The van der Waals surface area contributed by atoms with Crippen LogP contribution in [-0.4, -0.2) is 20.2 Å². The third-order valence-corrected chi connectivity index (χ3v) is 2.37. The molecule has 0 saturated carbocycles. The van der Waals surface area contributed by atoms with Crippen LogP contribution in [0.3, 0.4) is 0 Å². The molecule has 14 heavy (non-hydrogen) atoms. The quantitative estimate of drug-likeness (QED) is 0.731. The first-order valence-electron chi connectivity index (χ1n) is 3.79. The second-order valence-corrected chi connectivity index (χ2v) is 3.70. The maximum atomic E-state index is 5.60. The van der Waals surface area contributed by atoms with E-state index in [4.69, 9.17) is 11.6 Å². The standard InChI is InChI=1S/C8H5ClN4S/c9-6-2-3-7(13-12-6)14-8-10-4-1-5-11-8/h1-5H. The summed E-state index contributed by atoms with van der Waals surface area (Å²) in [5.74, 6) is 0. The van der Waals surface area contributed by atoms with Gasteiger partial charge in [-0.1, -0.05) is 11.6 Å². The van der Waals surface area contributed by atoms with Crippen LogP contribution in [0.2, 0.25) is 5.15 Å². The van der Waals surface area contributed by atoms with E-state index < -0.39 is 0 Å². The fraction of sp³-hybridized carbons (Fsp3) is 0. The summed E-state index contributed by atoms with van der Waals surface area (Å²) < 4.78 is 0. The lowest BCUT2D eigenvalue weighted by Crippen LogP contribution is -1.87. The molecule has 2 aromatic rings. The van der Waals surface area contributed by atoms with Gasteiger partial charge in [0, 0.05) is 12.4 Å². The van der Waals surface area contributed by atoms with Crippen molar-refractivity contribution in [2.24, 2.45) is 0 Å². The molecule has 0 aliphatic carbocycles. The average molecular weight is 225 g/mol. The minimum absolute atomic E-state index is 0.378. The average Bonchev–Trinajstić information content (AvgIpc) is 2.23. The lowest BCUT2D eigenvalue weighted by molar-refractivity contribution is 0.912. The Bertz CT molecular complexity index is 405. The maximum absolute atomic E-state index is 5.60. The fourth-order valence-corrected chi connectivity index (χ4v) is 1.52. The maximum Gasteiger partial charge on any atom is 0.193 e. The highest BCUT2D eigenvalue weighted by atomic mass is 35.5. The van der Waals surface area contributed by atoms with Crippen LogP contribution in [0.15, 0.2) is 40.8 Å². The first-order valence-corrected chi connectivity index (χ1v) is 4.98. The van der Waals surface area contributed by atoms with Gasteiger partial charge in [0.2, 0.25) is 0 Å². The third-order valence-electron chi connectivity index (χ3n) is 1.35. The van der Waals surface area contributed by atoms with Gasteiger partial charge in [-0.15, -0.1) is 10.2 Å². The Morgan fingerprint density at radius 1 is 1.07 bits per heavy atom. The molecule has 0 bridgehead atoms. The van der Waals surface area contributed by atoms with Crippen molar-refractivity contribution in [1.29, 1.82) is 0 Å². The molecule has 0 fully saturated rings. The molecule has 0 atom stereocenters. The Balaban J connectivity index is 2.16. The molecule has 0 radical (unpaired) electrons. The van der Waals surface area contributed by atoms with E-state index in [-0.39, 0.29) is 0 Å². The Hall–Kier alpha value is -1.20. The summed E-state index contributed by atoms with van der Waals surface area (Å²) in [6.45, 7) is 0. The summed E-state index contributed by atoms with van der Waals surface area (Å²) in [4.78, 5) is 8.10. The van der Waals surface area contributed by atoms with Crippen LogP contribution >= 0.6 is 23.4 Å². The van der Waals surface area contributed by atoms with E-state index in [9.17, 15) is 0 Å². The van der Waals surface area contributed by atoms with Crippen LogP contribution < -0.4 is 0 Å². The van der Waals surface area contributed by atoms with Crippen molar-refractivity contribution < 1.29 is 0 Å². The zero-order chi connectivity index (χ0) is 9.80. The molecule has 6 heteroatoms. The minimum Gasteiger partial charge on any atom is -0.231 e. The number of rotatable bonds is 2. The highest BCUT2D eigenvalue weighted by Gasteiger charge is 2.00. The molecular formula is C8H5ClN4S. The zero-order valence-electron chi connectivity index (χ0n) is 6.96. The van der Waals surface area contributed by atoms with Gasteiger partial charge in [0.1, 0.15) is 5.03 Å². The second kappa shape index (κ2) is 4.34. The molecule has 2 aromatic heterocycles. The molecule has 0 N–H and O–H groups in total. The first-order chi connectivity index (χ1) is 6.84. The molecule has 0 spiro atoms. The molecule has 4 nitrogen and oxygen atoms in total. The SMILES string of the molecule is Clc1ccc(Sc2ncccn2)nn1. The van der Waals surface area contributed by atoms with E-state index in [1.807, 2.05) is 0 Å². The summed E-state index contributed by atoms with van der Waals surface area (Å²) in [6, 6.07) is 5.22. The molecule has 0 amide bonds. The summed E-state index contributed by atoms with van der Waals surface area (Å²) in [7, 11) is 0. The molecule has 0 aliphatic rings. The lowest BCUT2D eigenvalue weighted by atomic mass is 10.6. The Labute approximate surface area is 89.8 Å². The van der Waals surface area contributed by atoms with Gasteiger partial charge in [-0.3, -0.25) is 0 Å². The molecule has 0 saturated heterocycles. The van der Waals surface area contributed by atoms with Crippen molar-refractivity contribution in [3.05, 3.63) is 35.7 Å². The lowest BCUT2D eigenvalue weighted by Gasteiger charge is -1.96. The smallest absolute Gasteiger partial charge is 0.193 e. The van der Waals surface area contributed by atoms with Gasteiger partial charge in [-0.05, 0) is 30.0 Å². The molecule has 0 unspecified atom stereocenters. The van der Waals surface area contributed by atoms with Crippen LogP contribution in [0.4, 0.5) is 0 Å². The van der Waals surface area contributed by atoms with Gasteiger partial charge < -0.3 is 0 Å². The van der Waals surface area contributed by atoms with E-state index in [1.54, 1.807) is 30.6 Å². The zero-order valence-corrected chi connectivity index (χ0v) is 8.53. The molecular weight excluding hydrogens is 220 g/mol. The number of aromatic nitrogens is 4. The first kappa shape index (κ1) is 9.36. The highest BCUT2D eigenvalue weighted by molar-refractivity contribution is 7.99. The number of nitrogens with zero attached hydrogens (tertiary/aromatic N) is 4. The van der Waals surface area contributed by atoms with E-state index >= 15 is 0 Å². The third kappa shape index (κ3) is 2.40.